The first-order valence-electron chi connectivity index (χ1n) is 11.8. The van der Waals surface area contributed by atoms with Crippen LogP contribution in [0.4, 0.5) is 11.4 Å². The minimum atomic E-state index is -0.546. The van der Waals surface area contributed by atoms with Crippen LogP contribution in [0.2, 0.25) is 5.02 Å². The zero-order valence-electron chi connectivity index (χ0n) is 21.2. The van der Waals surface area contributed by atoms with Crippen LogP contribution in [0.25, 0.3) is 0 Å². The lowest BCUT2D eigenvalue weighted by Crippen LogP contribution is -2.19. The van der Waals surface area contributed by atoms with E-state index < -0.39 is 5.25 Å². The number of hydrogen-bond acceptors (Lipinski definition) is 5. The predicted molar refractivity (Wildman–Crippen MR) is 154 cm³/mol. The standard InChI is InChI=1S/C30H27ClN2O4S/c1-19-15-16-21(31)17-24(19)33-30(35)28(20-9-5-4-6-10-20)38-23-12-7-11-22(18-23)32-29(34)27-25(36-2)13-8-14-26(27)37-3/h4-18,28H,1-3H3,(H,32,34)(H,33,35). The molecule has 4 rings (SSSR count). The van der Waals surface area contributed by atoms with Gasteiger partial charge in [-0.05, 0) is 60.5 Å². The molecule has 0 bridgehead atoms. The Balaban J connectivity index is 1.59. The van der Waals surface area contributed by atoms with Crippen LogP contribution in [0.5, 0.6) is 11.5 Å². The van der Waals surface area contributed by atoms with Crippen molar-refractivity contribution in [2.75, 3.05) is 24.9 Å². The molecule has 6 nitrogen and oxygen atoms in total. The van der Waals surface area contributed by atoms with E-state index in [1.165, 1.54) is 26.0 Å². The van der Waals surface area contributed by atoms with Crippen LogP contribution in [-0.4, -0.2) is 26.0 Å². The largest absolute Gasteiger partial charge is 0.496 e. The number of methoxy groups -OCH3 is 2. The third kappa shape index (κ3) is 6.49. The molecule has 0 radical (unpaired) electrons. The first-order valence-corrected chi connectivity index (χ1v) is 13.1. The van der Waals surface area contributed by atoms with Crippen molar-refractivity contribution in [3.05, 3.63) is 113 Å². The number of amides is 2. The van der Waals surface area contributed by atoms with Crippen LogP contribution in [0.15, 0.2) is 95.9 Å². The molecule has 0 fully saturated rings. The fourth-order valence-electron chi connectivity index (χ4n) is 3.88. The highest BCUT2D eigenvalue weighted by Gasteiger charge is 2.23. The monoisotopic (exact) mass is 546 g/mol. The molecule has 1 unspecified atom stereocenters. The predicted octanol–water partition coefficient (Wildman–Crippen LogP) is 7.39. The van der Waals surface area contributed by atoms with E-state index in [-0.39, 0.29) is 11.8 Å². The maximum absolute atomic E-state index is 13.5. The smallest absolute Gasteiger partial charge is 0.263 e. The lowest BCUT2D eigenvalue weighted by atomic mass is 10.1. The number of nitrogens with one attached hydrogen (secondary N) is 2. The number of hydrogen-bond donors (Lipinski definition) is 2. The van der Waals surface area contributed by atoms with Crippen molar-refractivity contribution in [2.24, 2.45) is 0 Å². The molecule has 0 aliphatic heterocycles. The average Bonchev–Trinajstić information content (AvgIpc) is 2.93. The number of aryl methyl sites for hydroxylation is 1. The third-order valence-corrected chi connectivity index (χ3v) is 7.28. The number of thioether (sulfide) groups is 1. The summed E-state index contributed by atoms with van der Waals surface area (Å²) in [5, 5.41) is 5.94. The van der Waals surface area contributed by atoms with E-state index in [0.717, 1.165) is 16.0 Å². The molecule has 1 atom stereocenters. The van der Waals surface area contributed by atoms with Gasteiger partial charge in [-0.1, -0.05) is 60.1 Å². The van der Waals surface area contributed by atoms with Crippen molar-refractivity contribution >= 4 is 46.6 Å². The van der Waals surface area contributed by atoms with Crippen molar-refractivity contribution in [3.63, 3.8) is 0 Å². The Hall–Kier alpha value is -3.94. The Morgan fingerprint density at radius 1 is 0.816 bits per heavy atom. The van der Waals surface area contributed by atoms with Gasteiger partial charge in [-0.15, -0.1) is 11.8 Å². The second kappa shape index (κ2) is 12.5. The van der Waals surface area contributed by atoms with Crippen LogP contribution < -0.4 is 20.1 Å². The number of anilines is 2. The van der Waals surface area contributed by atoms with E-state index >= 15 is 0 Å². The normalized spacial score (nSPS) is 11.4. The van der Waals surface area contributed by atoms with E-state index in [4.69, 9.17) is 21.1 Å². The fraction of sp³-hybridized carbons (Fsp3) is 0.133. The summed E-state index contributed by atoms with van der Waals surface area (Å²) in [7, 11) is 3.00. The van der Waals surface area contributed by atoms with Crippen molar-refractivity contribution in [3.8, 4) is 11.5 Å². The summed E-state index contributed by atoms with van der Waals surface area (Å²) in [5.41, 5.74) is 3.30. The van der Waals surface area contributed by atoms with Gasteiger partial charge in [-0.2, -0.15) is 0 Å². The first kappa shape index (κ1) is 27.1. The zero-order chi connectivity index (χ0) is 27.1. The van der Waals surface area contributed by atoms with Crippen molar-refractivity contribution < 1.29 is 19.1 Å². The summed E-state index contributed by atoms with van der Waals surface area (Å²) in [5.74, 6) is 0.268. The van der Waals surface area contributed by atoms with Gasteiger partial charge in [-0.3, -0.25) is 9.59 Å². The molecule has 0 aliphatic rings. The summed E-state index contributed by atoms with van der Waals surface area (Å²) in [6.45, 7) is 1.92. The Morgan fingerprint density at radius 3 is 2.18 bits per heavy atom. The number of rotatable bonds is 9. The summed E-state index contributed by atoms with van der Waals surface area (Å²) in [4.78, 5) is 27.5. The highest BCUT2D eigenvalue weighted by atomic mass is 35.5. The number of carbonyl (C=O) groups excluding carboxylic acids is 2. The second-order valence-corrected chi connectivity index (χ2v) is 9.99. The molecule has 2 amide bonds. The molecular weight excluding hydrogens is 520 g/mol. The van der Waals surface area contributed by atoms with Crippen LogP contribution >= 0.6 is 23.4 Å². The minimum Gasteiger partial charge on any atom is -0.496 e. The van der Waals surface area contributed by atoms with Crippen LogP contribution in [0, 0.1) is 6.92 Å². The van der Waals surface area contributed by atoms with Gasteiger partial charge in [0, 0.05) is 21.3 Å². The summed E-state index contributed by atoms with van der Waals surface area (Å²) < 4.78 is 10.7. The molecular formula is C30H27ClN2O4S. The van der Waals surface area contributed by atoms with E-state index in [1.54, 1.807) is 36.4 Å². The molecule has 0 aliphatic carbocycles. The average molecular weight is 547 g/mol. The highest BCUT2D eigenvalue weighted by Crippen LogP contribution is 2.38. The molecule has 8 heteroatoms. The van der Waals surface area contributed by atoms with Crippen molar-refractivity contribution in [1.29, 1.82) is 0 Å². The minimum absolute atomic E-state index is 0.181. The quantitative estimate of drug-likeness (QED) is 0.214. The Morgan fingerprint density at radius 2 is 1.50 bits per heavy atom. The van der Waals surface area contributed by atoms with Crippen molar-refractivity contribution in [2.45, 2.75) is 17.1 Å². The van der Waals surface area contributed by atoms with Gasteiger partial charge in [0.1, 0.15) is 22.3 Å². The fourth-order valence-corrected chi connectivity index (χ4v) is 5.14. The number of halogens is 1. The third-order valence-electron chi connectivity index (χ3n) is 5.80. The van der Waals surface area contributed by atoms with Crippen molar-refractivity contribution in [1.82, 2.24) is 0 Å². The lowest BCUT2D eigenvalue weighted by Gasteiger charge is -2.19. The number of carbonyl (C=O) groups is 2. The Kier molecular flexibility index (Phi) is 8.94. The molecule has 0 heterocycles. The van der Waals surface area contributed by atoms with E-state index in [1.807, 2.05) is 61.5 Å². The molecule has 4 aromatic carbocycles. The molecule has 0 aromatic heterocycles. The topological polar surface area (TPSA) is 76.7 Å². The van der Waals surface area contributed by atoms with Crippen LogP contribution in [-0.2, 0) is 4.79 Å². The van der Waals surface area contributed by atoms with E-state index in [2.05, 4.69) is 10.6 Å². The number of ether oxygens (including phenoxy) is 2. The van der Waals surface area contributed by atoms with Gasteiger partial charge < -0.3 is 20.1 Å². The van der Waals surface area contributed by atoms with Gasteiger partial charge in [0.05, 0.1) is 14.2 Å². The maximum atomic E-state index is 13.5. The molecule has 194 valence electrons. The summed E-state index contributed by atoms with van der Waals surface area (Å²) in [6.07, 6.45) is 0. The summed E-state index contributed by atoms with van der Waals surface area (Å²) in [6, 6.07) is 27.5. The molecule has 4 aromatic rings. The molecule has 0 saturated carbocycles. The van der Waals surface area contributed by atoms with Gasteiger partial charge in [0.25, 0.3) is 5.91 Å². The van der Waals surface area contributed by atoms with Gasteiger partial charge in [0.2, 0.25) is 5.91 Å². The second-order valence-electron chi connectivity index (χ2n) is 8.38. The Bertz CT molecular complexity index is 1420. The first-order chi connectivity index (χ1) is 18.4. The molecule has 38 heavy (non-hydrogen) atoms. The SMILES string of the molecule is COc1cccc(OC)c1C(=O)Nc1cccc(SC(C(=O)Nc2cc(Cl)ccc2C)c2ccccc2)c1. The summed E-state index contributed by atoms with van der Waals surface area (Å²) >= 11 is 7.55. The number of benzene rings is 4. The van der Waals surface area contributed by atoms with Crippen LogP contribution in [0.3, 0.4) is 0 Å². The zero-order valence-corrected chi connectivity index (χ0v) is 22.7. The Labute approximate surface area is 231 Å². The van der Waals surface area contributed by atoms with Gasteiger partial charge in [0.15, 0.2) is 0 Å². The van der Waals surface area contributed by atoms with E-state index in [9.17, 15) is 9.59 Å². The van der Waals surface area contributed by atoms with Gasteiger partial charge >= 0.3 is 0 Å². The molecule has 0 saturated heterocycles. The molecule has 0 spiro atoms. The van der Waals surface area contributed by atoms with Gasteiger partial charge in [-0.25, -0.2) is 0 Å². The lowest BCUT2D eigenvalue weighted by molar-refractivity contribution is -0.115. The molecule has 2 N–H and O–H groups in total. The maximum Gasteiger partial charge on any atom is 0.263 e. The highest BCUT2D eigenvalue weighted by molar-refractivity contribution is 8.00. The van der Waals surface area contributed by atoms with E-state index in [0.29, 0.717) is 33.5 Å². The van der Waals surface area contributed by atoms with Crippen LogP contribution in [0.1, 0.15) is 26.7 Å².